The molecule has 0 fully saturated rings. The average Bonchev–Trinajstić information content (AvgIpc) is 2.79. The zero-order valence-corrected chi connectivity index (χ0v) is 20.4. The number of benzene rings is 3. The van der Waals surface area contributed by atoms with E-state index in [9.17, 15) is 4.79 Å². The van der Waals surface area contributed by atoms with E-state index in [1.54, 1.807) is 6.92 Å². The van der Waals surface area contributed by atoms with Crippen molar-refractivity contribution < 1.29 is 14.0 Å². The molecule has 32 heavy (non-hydrogen) atoms. The minimum Gasteiger partial charge on any atom is -0.463 e. The Kier molecular flexibility index (Phi) is 7.83. The first-order chi connectivity index (χ1) is 15.4. The maximum Gasteiger partial charge on any atom is 0.330 e. The quantitative estimate of drug-likeness (QED) is 0.267. The Balaban J connectivity index is 2.02. The SMILES string of the molecule is CCOC(=O)C=Cc1ccccc1CO[Si](c1ccccc1)(c1ccccc1)C(C)(C)C. The maximum atomic E-state index is 11.8. The van der Waals surface area contributed by atoms with Crippen molar-refractivity contribution in [3.8, 4) is 0 Å². The molecule has 3 nitrogen and oxygen atoms in total. The van der Waals surface area contributed by atoms with Crippen molar-refractivity contribution >= 4 is 30.7 Å². The van der Waals surface area contributed by atoms with Gasteiger partial charge in [-0.25, -0.2) is 4.79 Å². The minimum atomic E-state index is -2.63. The smallest absolute Gasteiger partial charge is 0.330 e. The number of hydrogen-bond donors (Lipinski definition) is 0. The zero-order chi connectivity index (χ0) is 23.0. The normalized spacial score (nSPS) is 12.1. The standard InChI is InChI=1S/C28H32O3Si/c1-5-30-27(29)21-20-23-14-12-13-15-24(23)22-31-32(28(2,3)4,25-16-8-6-9-17-25)26-18-10-7-11-19-26/h6-21H,5,22H2,1-4H3. The summed E-state index contributed by atoms with van der Waals surface area (Å²) in [5, 5.41) is 2.40. The van der Waals surface area contributed by atoms with Gasteiger partial charge >= 0.3 is 5.97 Å². The topological polar surface area (TPSA) is 35.5 Å². The van der Waals surface area contributed by atoms with Crippen LogP contribution in [0, 0.1) is 0 Å². The van der Waals surface area contributed by atoms with Crippen molar-refractivity contribution in [1.82, 2.24) is 0 Å². The Hall–Kier alpha value is -2.95. The first kappa shape index (κ1) is 23.7. The summed E-state index contributed by atoms with van der Waals surface area (Å²) in [6.45, 7) is 9.43. The van der Waals surface area contributed by atoms with E-state index in [4.69, 9.17) is 9.16 Å². The molecule has 3 aromatic carbocycles. The predicted molar refractivity (Wildman–Crippen MR) is 135 cm³/mol. The Morgan fingerprint density at radius 1 is 0.844 bits per heavy atom. The lowest BCUT2D eigenvalue weighted by molar-refractivity contribution is -0.137. The predicted octanol–water partition coefficient (Wildman–Crippen LogP) is 5.34. The number of carbonyl (C=O) groups excluding carboxylic acids is 1. The molecule has 0 aromatic heterocycles. The van der Waals surface area contributed by atoms with Crippen LogP contribution in [0.1, 0.15) is 38.8 Å². The van der Waals surface area contributed by atoms with Gasteiger partial charge in [-0.05, 0) is 39.5 Å². The fraction of sp³-hybridized carbons (Fsp3) is 0.250. The van der Waals surface area contributed by atoms with Crippen molar-refractivity contribution in [2.24, 2.45) is 0 Å². The second-order valence-corrected chi connectivity index (χ2v) is 13.0. The van der Waals surface area contributed by atoms with Gasteiger partial charge in [-0.2, -0.15) is 0 Å². The van der Waals surface area contributed by atoms with Gasteiger partial charge in [-0.15, -0.1) is 0 Å². The molecule has 0 saturated carbocycles. The molecule has 0 atom stereocenters. The van der Waals surface area contributed by atoms with Gasteiger partial charge in [0.2, 0.25) is 0 Å². The van der Waals surface area contributed by atoms with Crippen molar-refractivity contribution in [2.45, 2.75) is 39.3 Å². The molecular formula is C28H32O3Si. The molecule has 0 aliphatic carbocycles. The van der Waals surface area contributed by atoms with Crippen LogP contribution in [0.2, 0.25) is 5.04 Å². The molecule has 166 valence electrons. The Morgan fingerprint density at radius 2 is 1.38 bits per heavy atom. The number of ether oxygens (including phenoxy) is 1. The second-order valence-electron chi connectivity index (χ2n) is 8.74. The fourth-order valence-corrected chi connectivity index (χ4v) is 8.65. The molecule has 3 rings (SSSR count). The van der Waals surface area contributed by atoms with E-state index in [0.29, 0.717) is 13.2 Å². The summed E-state index contributed by atoms with van der Waals surface area (Å²) in [5.41, 5.74) is 2.00. The highest BCUT2D eigenvalue weighted by Gasteiger charge is 2.50. The molecule has 0 saturated heterocycles. The molecule has 0 N–H and O–H groups in total. The number of esters is 1. The van der Waals surface area contributed by atoms with E-state index in [-0.39, 0.29) is 11.0 Å². The average molecular weight is 445 g/mol. The monoisotopic (exact) mass is 444 g/mol. The van der Waals surface area contributed by atoms with Crippen LogP contribution in [-0.2, 0) is 20.6 Å². The molecule has 0 unspecified atom stereocenters. The molecule has 0 aliphatic rings. The molecule has 3 aromatic rings. The Morgan fingerprint density at radius 3 is 1.91 bits per heavy atom. The molecule has 0 amide bonds. The fourth-order valence-electron chi connectivity index (χ4n) is 4.12. The van der Waals surface area contributed by atoms with Crippen LogP contribution < -0.4 is 10.4 Å². The summed E-state index contributed by atoms with van der Waals surface area (Å²) in [6.07, 6.45) is 3.28. The summed E-state index contributed by atoms with van der Waals surface area (Å²) in [6, 6.07) is 29.2. The molecule has 0 radical (unpaired) electrons. The maximum absolute atomic E-state index is 11.8. The minimum absolute atomic E-state index is 0.0918. The zero-order valence-electron chi connectivity index (χ0n) is 19.4. The van der Waals surface area contributed by atoms with Gasteiger partial charge in [0.05, 0.1) is 13.2 Å². The van der Waals surface area contributed by atoms with Crippen molar-refractivity contribution in [2.75, 3.05) is 6.61 Å². The lowest BCUT2D eigenvalue weighted by Crippen LogP contribution is -2.66. The summed E-state index contributed by atoms with van der Waals surface area (Å²) >= 11 is 0. The van der Waals surface area contributed by atoms with Gasteiger partial charge in [-0.3, -0.25) is 0 Å². The van der Waals surface area contributed by atoms with Gasteiger partial charge in [0.25, 0.3) is 8.32 Å². The Bertz CT molecular complexity index is 998. The van der Waals surface area contributed by atoms with E-state index >= 15 is 0 Å². The van der Waals surface area contributed by atoms with Crippen LogP contribution >= 0.6 is 0 Å². The highest BCUT2D eigenvalue weighted by atomic mass is 28.4. The van der Waals surface area contributed by atoms with E-state index < -0.39 is 8.32 Å². The third-order valence-electron chi connectivity index (χ3n) is 5.60. The van der Waals surface area contributed by atoms with Crippen LogP contribution in [-0.4, -0.2) is 20.9 Å². The highest BCUT2D eigenvalue weighted by Crippen LogP contribution is 2.37. The summed E-state index contributed by atoms with van der Waals surface area (Å²) < 4.78 is 12.1. The van der Waals surface area contributed by atoms with Gasteiger partial charge < -0.3 is 9.16 Å². The van der Waals surface area contributed by atoms with Gasteiger partial charge in [-0.1, -0.05) is 106 Å². The molecule has 0 heterocycles. The summed E-state index contributed by atoms with van der Waals surface area (Å²) in [4.78, 5) is 11.8. The third kappa shape index (κ3) is 5.26. The Labute approximate surface area is 192 Å². The molecule has 0 spiro atoms. The molecule has 4 heteroatoms. The molecular weight excluding hydrogens is 412 g/mol. The number of carbonyl (C=O) groups is 1. The van der Waals surface area contributed by atoms with Gasteiger partial charge in [0.15, 0.2) is 0 Å². The summed E-state index contributed by atoms with van der Waals surface area (Å²) in [7, 11) is -2.63. The van der Waals surface area contributed by atoms with Crippen LogP contribution in [0.4, 0.5) is 0 Å². The van der Waals surface area contributed by atoms with Crippen molar-refractivity contribution in [3.05, 3.63) is 102 Å². The van der Waals surface area contributed by atoms with Crippen LogP contribution in [0.15, 0.2) is 91.0 Å². The lowest BCUT2D eigenvalue weighted by Gasteiger charge is -2.43. The van der Waals surface area contributed by atoms with Crippen LogP contribution in [0.3, 0.4) is 0 Å². The molecule has 0 aliphatic heterocycles. The first-order valence-corrected chi connectivity index (χ1v) is 13.0. The first-order valence-electron chi connectivity index (χ1n) is 11.1. The highest BCUT2D eigenvalue weighted by molar-refractivity contribution is 6.99. The second kappa shape index (κ2) is 10.6. The van der Waals surface area contributed by atoms with Crippen molar-refractivity contribution in [3.63, 3.8) is 0 Å². The number of hydrogen-bond acceptors (Lipinski definition) is 3. The third-order valence-corrected chi connectivity index (χ3v) is 10.6. The van der Waals surface area contributed by atoms with E-state index in [0.717, 1.165) is 11.1 Å². The van der Waals surface area contributed by atoms with E-state index in [2.05, 4.69) is 75.4 Å². The van der Waals surface area contributed by atoms with Gasteiger partial charge in [0.1, 0.15) is 0 Å². The molecule has 0 bridgehead atoms. The number of rotatable bonds is 8. The summed E-state index contributed by atoms with van der Waals surface area (Å²) in [5.74, 6) is -0.338. The van der Waals surface area contributed by atoms with Crippen LogP contribution in [0.25, 0.3) is 6.08 Å². The van der Waals surface area contributed by atoms with E-state index in [1.807, 2.05) is 36.4 Å². The van der Waals surface area contributed by atoms with Crippen LogP contribution in [0.5, 0.6) is 0 Å². The van der Waals surface area contributed by atoms with E-state index in [1.165, 1.54) is 16.4 Å². The largest absolute Gasteiger partial charge is 0.463 e. The van der Waals surface area contributed by atoms with Gasteiger partial charge in [0, 0.05) is 6.08 Å². The van der Waals surface area contributed by atoms with Crippen molar-refractivity contribution in [1.29, 1.82) is 0 Å². The lowest BCUT2D eigenvalue weighted by atomic mass is 10.1.